The zero-order chi connectivity index (χ0) is 15.5. The first-order valence-corrected chi connectivity index (χ1v) is 7.41. The first kappa shape index (κ1) is 15.0. The highest BCUT2D eigenvalue weighted by molar-refractivity contribution is 7.92. The van der Waals surface area contributed by atoms with E-state index in [4.69, 9.17) is 5.11 Å². The van der Waals surface area contributed by atoms with Gasteiger partial charge in [0.05, 0.1) is 5.69 Å². The van der Waals surface area contributed by atoms with Gasteiger partial charge < -0.3 is 5.11 Å². The molecule has 0 amide bonds. The van der Waals surface area contributed by atoms with E-state index in [1.807, 2.05) is 0 Å². The van der Waals surface area contributed by atoms with Crippen molar-refractivity contribution < 1.29 is 22.7 Å². The molecule has 21 heavy (non-hydrogen) atoms. The van der Waals surface area contributed by atoms with E-state index in [2.05, 4.69) is 0 Å². The molecule has 0 heterocycles. The van der Waals surface area contributed by atoms with E-state index < -0.39 is 33.3 Å². The van der Waals surface area contributed by atoms with Gasteiger partial charge in [-0.05, 0) is 24.3 Å². The van der Waals surface area contributed by atoms with Crippen LogP contribution in [0.1, 0.15) is 0 Å². The normalized spacial score (nSPS) is 11.1. The third kappa shape index (κ3) is 3.19. The number of benzene rings is 2. The van der Waals surface area contributed by atoms with E-state index >= 15 is 0 Å². The molecule has 0 unspecified atom stereocenters. The van der Waals surface area contributed by atoms with Crippen LogP contribution < -0.4 is 4.31 Å². The molecular formula is C14H12FNO4S. The molecule has 2 aromatic rings. The molecule has 0 atom stereocenters. The summed E-state index contributed by atoms with van der Waals surface area (Å²) in [6, 6.07) is 12.5. The van der Waals surface area contributed by atoms with Gasteiger partial charge in [-0.1, -0.05) is 30.3 Å². The van der Waals surface area contributed by atoms with Gasteiger partial charge in [0.1, 0.15) is 17.3 Å². The fourth-order valence-electron chi connectivity index (χ4n) is 1.80. The standard InChI is InChI=1S/C14H12FNO4S/c15-12-8-4-5-9-13(12)21(19,20)16(10-14(17)18)11-6-2-1-3-7-11/h1-9H,10H2,(H,17,18). The number of carboxylic acid groups (broad SMARTS) is 1. The van der Waals surface area contributed by atoms with Crippen LogP contribution in [-0.2, 0) is 14.8 Å². The van der Waals surface area contributed by atoms with E-state index in [0.29, 0.717) is 4.31 Å². The molecule has 0 bridgehead atoms. The van der Waals surface area contributed by atoms with Crippen molar-refractivity contribution in [2.45, 2.75) is 4.90 Å². The van der Waals surface area contributed by atoms with Gasteiger partial charge in [-0.15, -0.1) is 0 Å². The number of carbonyl (C=O) groups is 1. The Bertz CT molecular complexity index is 747. The molecule has 110 valence electrons. The topological polar surface area (TPSA) is 74.7 Å². The van der Waals surface area contributed by atoms with Crippen LogP contribution in [0, 0.1) is 5.82 Å². The summed E-state index contributed by atoms with van der Waals surface area (Å²) in [4.78, 5) is 10.4. The van der Waals surface area contributed by atoms with Crippen molar-refractivity contribution in [3.8, 4) is 0 Å². The minimum absolute atomic E-state index is 0.156. The number of aliphatic carboxylic acids is 1. The number of halogens is 1. The summed E-state index contributed by atoms with van der Waals surface area (Å²) < 4.78 is 39.4. The number of nitrogens with zero attached hydrogens (tertiary/aromatic N) is 1. The predicted octanol–water partition coefficient (Wildman–Crippen LogP) is 2.11. The lowest BCUT2D eigenvalue weighted by Gasteiger charge is -2.22. The number of sulfonamides is 1. The van der Waals surface area contributed by atoms with Crippen molar-refractivity contribution in [2.24, 2.45) is 0 Å². The van der Waals surface area contributed by atoms with Crippen molar-refractivity contribution in [1.82, 2.24) is 0 Å². The average Bonchev–Trinajstić information content (AvgIpc) is 2.45. The zero-order valence-electron chi connectivity index (χ0n) is 10.8. The highest BCUT2D eigenvalue weighted by Crippen LogP contribution is 2.24. The van der Waals surface area contributed by atoms with Crippen LogP contribution in [0.4, 0.5) is 10.1 Å². The summed E-state index contributed by atoms with van der Waals surface area (Å²) in [6.07, 6.45) is 0. The molecule has 1 N–H and O–H groups in total. The summed E-state index contributed by atoms with van der Waals surface area (Å²) >= 11 is 0. The lowest BCUT2D eigenvalue weighted by molar-refractivity contribution is -0.135. The molecule has 2 aromatic carbocycles. The Hall–Kier alpha value is -2.41. The van der Waals surface area contributed by atoms with Crippen molar-refractivity contribution in [3.63, 3.8) is 0 Å². The first-order valence-electron chi connectivity index (χ1n) is 5.97. The second kappa shape index (κ2) is 5.92. The molecule has 2 rings (SSSR count). The van der Waals surface area contributed by atoms with Crippen LogP contribution in [0.5, 0.6) is 0 Å². The van der Waals surface area contributed by atoms with Gasteiger partial charge in [0.25, 0.3) is 10.0 Å². The Morgan fingerprint density at radius 1 is 1.05 bits per heavy atom. The SMILES string of the molecule is O=C(O)CN(c1ccccc1)S(=O)(=O)c1ccccc1F. The highest BCUT2D eigenvalue weighted by Gasteiger charge is 2.29. The molecule has 0 aromatic heterocycles. The summed E-state index contributed by atoms with van der Waals surface area (Å²) in [5.74, 6) is -2.26. The number of hydrogen-bond acceptors (Lipinski definition) is 3. The molecule has 7 heteroatoms. The zero-order valence-corrected chi connectivity index (χ0v) is 11.6. The smallest absolute Gasteiger partial charge is 0.324 e. The van der Waals surface area contributed by atoms with Crippen molar-refractivity contribution in [3.05, 3.63) is 60.4 Å². The quantitative estimate of drug-likeness (QED) is 0.918. The van der Waals surface area contributed by atoms with E-state index in [1.54, 1.807) is 18.2 Å². The lowest BCUT2D eigenvalue weighted by Crippen LogP contribution is -2.36. The molecule has 0 aliphatic rings. The number of para-hydroxylation sites is 1. The van der Waals surface area contributed by atoms with Crippen LogP contribution >= 0.6 is 0 Å². The number of carboxylic acids is 1. The van der Waals surface area contributed by atoms with E-state index in [0.717, 1.165) is 12.1 Å². The summed E-state index contributed by atoms with van der Waals surface area (Å²) in [7, 11) is -4.30. The van der Waals surface area contributed by atoms with E-state index in [1.165, 1.54) is 24.3 Å². The Morgan fingerprint density at radius 3 is 2.19 bits per heavy atom. The van der Waals surface area contributed by atoms with Gasteiger partial charge in [0.15, 0.2) is 0 Å². The third-order valence-electron chi connectivity index (χ3n) is 2.73. The fraction of sp³-hybridized carbons (Fsp3) is 0.0714. The van der Waals surface area contributed by atoms with Crippen molar-refractivity contribution in [1.29, 1.82) is 0 Å². The Balaban J connectivity index is 2.56. The van der Waals surface area contributed by atoms with Gasteiger partial charge >= 0.3 is 5.97 Å². The minimum Gasteiger partial charge on any atom is -0.480 e. The largest absolute Gasteiger partial charge is 0.480 e. The maximum Gasteiger partial charge on any atom is 0.324 e. The summed E-state index contributed by atoms with van der Waals surface area (Å²) in [6.45, 7) is -0.791. The molecule has 0 radical (unpaired) electrons. The van der Waals surface area contributed by atoms with E-state index in [9.17, 15) is 17.6 Å². The lowest BCUT2D eigenvalue weighted by atomic mass is 10.3. The second-order valence-electron chi connectivity index (χ2n) is 4.17. The Labute approximate surface area is 121 Å². The second-order valence-corrected chi connectivity index (χ2v) is 6.00. The molecular weight excluding hydrogens is 297 g/mol. The minimum atomic E-state index is -4.30. The summed E-state index contributed by atoms with van der Waals surface area (Å²) in [5.41, 5.74) is 0.156. The predicted molar refractivity (Wildman–Crippen MR) is 75.0 cm³/mol. The van der Waals surface area contributed by atoms with Crippen molar-refractivity contribution >= 4 is 21.7 Å². The van der Waals surface area contributed by atoms with Crippen LogP contribution in [-0.4, -0.2) is 26.0 Å². The third-order valence-corrected chi connectivity index (χ3v) is 4.53. The molecule has 0 aliphatic carbocycles. The molecule has 0 saturated carbocycles. The van der Waals surface area contributed by atoms with Crippen LogP contribution in [0.15, 0.2) is 59.5 Å². The van der Waals surface area contributed by atoms with E-state index in [-0.39, 0.29) is 5.69 Å². The van der Waals surface area contributed by atoms with Crippen LogP contribution in [0.25, 0.3) is 0 Å². The molecule has 0 fully saturated rings. The van der Waals surface area contributed by atoms with Crippen LogP contribution in [0.2, 0.25) is 0 Å². The van der Waals surface area contributed by atoms with Gasteiger partial charge in [-0.25, -0.2) is 12.8 Å². The first-order chi connectivity index (χ1) is 9.93. The molecule has 0 spiro atoms. The Morgan fingerprint density at radius 2 is 1.62 bits per heavy atom. The highest BCUT2D eigenvalue weighted by atomic mass is 32.2. The van der Waals surface area contributed by atoms with Gasteiger partial charge in [0, 0.05) is 0 Å². The molecule has 0 saturated heterocycles. The number of hydrogen-bond donors (Lipinski definition) is 1. The number of anilines is 1. The van der Waals surface area contributed by atoms with Crippen LogP contribution in [0.3, 0.4) is 0 Å². The monoisotopic (exact) mass is 309 g/mol. The average molecular weight is 309 g/mol. The van der Waals surface area contributed by atoms with Gasteiger partial charge in [0.2, 0.25) is 0 Å². The summed E-state index contributed by atoms with van der Waals surface area (Å²) in [5, 5.41) is 8.92. The maximum absolute atomic E-state index is 13.7. The van der Waals surface area contributed by atoms with Crippen molar-refractivity contribution in [2.75, 3.05) is 10.8 Å². The Kier molecular flexibility index (Phi) is 4.23. The molecule has 5 nitrogen and oxygen atoms in total. The maximum atomic E-state index is 13.7. The van der Waals surface area contributed by atoms with Gasteiger partial charge in [-0.3, -0.25) is 9.10 Å². The fourth-order valence-corrected chi connectivity index (χ4v) is 3.29. The van der Waals surface area contributed by atoms with Gasteiger partial charge in [-0.2, -0.15) is 0 Å². The number of rotatable bonds is 5. The molecule has 0 aliphatic heterocycles.